The number of ether oxygens (including phenoxy) is 1. The fourth-order valence-electron chi connectivity index (χ4n) is 1.86. The van der Waals surface area contributed by atoms with E-state index in [4.69, 9.17) is 4.74 Å². The summed E-state index contributed by atoms with van der Waals surface area (Å²) in [6, 6.07) is 8.92. The van der Waals surface area contributed by atoms with Crippen LogP contribution in [0.4, 0.5) is 10.1 Å². The molecule has 0 saturated carbocycles. The number of nitrogens with one attached hydrogen (secondary N) is 1. The molecule has 1 atom stereocenters. The number of aryl methyl sites for hydroxylation is 1. The molecule has 100 valence electrons. The third-order valence-electron chi connectivity index (χ3n) is 3.03. The van der Waals surface area contributed by atoms with Crippen LogP contribution in [0.25, 0.3) is 0 Å². The number of aromatic nitrogens is 1. The first kappa shape index (κ1) is 13.3. The molecule has 1 aromatic heterocycles. The fraction of sp³-hybridized carbons (Fsp3) is 0.267. The van der Waals surface area contributed by atoms with Gasteiger partial charge in [0.2, 0.25) is 5.88 Å². The summed E-state index contributed by atoms with van der Waals surface area (Å²) in [5.74, 6) is 0.339. The lowest BCUT2D eigenvalue weighted by Crippen LogP contribution is -2.08. The van der Waals surface area contributed by atoms with Gasteiger partial charge in [0, 0.05) is 12.2 Å². The third kappa shape index (κ3) is 3.02. The molecule has 19 heavy (non-hydrogen) atoms. The van der Waals surface area contributed by atoms with E-state index in [0.29, 0.717) is 11.4 Å². The van der Waals surface area contributed by atoms with Crippen LogP contribution in [0.15, 0.2) is 36.5 Å². The van der Waals surface area contributed by atoms with Gasteiger partial charge in [0.05, 0.1) is 12.8 Å². The highest BCUT2D eigenvalue weighted by Gasteiger charge is 2.10. The van der Waals surface area contributed by atoms with Crippen molar-refractivity contribution < 1.29 is 9.13 Å². The van der Waals surface area contributed by atoms with Crippen LogP contribution >= 0.6 is 0 Å². The second-order valence-corrected chi connectivity index (χ2v) is 4.43. The molecule has 4 heteroatoms. The highest BCUT2D eigenvalue weighted by Crippen LogP contribution is 2.26. The Morgan fingerprint density at radius 3 is 2.79 bits per heavy atom. The van der Waals surface area contributed by atoms with E-state index >= 15 is 0 Å². The van der Waals surface area contributed by atoms with E-state index in [0.717, 1.165) is 11.3 Å². The molecule has 2 rings (SSSR count). The molecule has 0 bridgehead atoms. The highest BCUT2D eigenvalue weighted by atomic mass is 19.1. The van der Waals surface area contributed by atoms with E-state index in [1.54, 1.807) is 32.4 Å². The number of hydrogen-bond donors (Lipinski definition) is 1. The normalized spacial score (nSPS) is 12.0. The minimum Gasteiger partial charge on any atom is -0.480 e. The Labute approximate surface area is 112 Å². The van der Waals surface area contributed by atoms with Crippen LogP contribution in [0.1, 0.15) is 24.1 Å². The van der Waals surface area contributed by atoms with Crippen LogP contribution in [0.5, 0.6) is 5.88 Å². The molecule has 0 spiro atoms. The van der Waals surface area contributed by atoms with E-state index in [1.807, 2.05) is 25.1 Å². The van der Waals surface area contributed by atoms with Crippen molar-refractivity contribution in [2.45, 2.75) is 19.9 Å². The predicted octanol–water partition coefficient (Wildman–Crippen LogP) is 3.71. The molecular weight excluding hydrogens is 243 g/mol. The van der Waals surface area contributed by atoms with E-state index in [-0.39, 0.29) is 11.9 Å². The van der Waals surface area contributed by atoms with Gasteiger partial charge in [-0.3, -0.25) is 0 Å². The lowest BCUT2D eigenvalue weighted by atomic mass is 10.1. The number of anilines is 1. The van der Waals surface area contributed by atoms with Crippen molar-refractivity contribution in [3.8, 4) is 5.88 Å². The van der Waals surface area contributed by atoms with Crippen molar-refractivity contribution in [2.75, 3.05) is 12.4 Å². The Morgan fingerprint density at radius 1 is 1.32 bits per heavy atom. The van der Waals surface area contributed by atoms with Gasteiger partial charge in [-0.1, -0.05) is 12.1 Å². The van der Waals surface area contributed by atoms with Gasteiger partial charge in [0.1, 0.15) is 5.82 Å². The van der Waals surface area contributed by atoms with Gasteiger partial charge in [-0.2, -0.15) is 0 Å². The zero-order chi connectivity index (χ0) is 13.8. The number of pyridine rings is 1. The Hall–Kier alpha value is -2.10. The Kier molecular flexibility index (Phi) is 4.00. The average molecular weight is 260 g/mol. The van der Waals surface area contributed by atoms with Crippen molar-refractivity contribution in [1.82, 2.24) is 4.98 Å². The van der Waals surface area contributed by atoms with Gasteiger partial charge in [-0.15, -0.1) is 0 Å². The molecule has 2 aromatic rings. The lowest BCUT2D eigenvalue weighted by Gasteiger charge is -2.17. The van der Waals surface area contributed by atoms with E-state index < -0.39 is 0 Å². The Morgan fingerprint density at radius 2 is 2.11 bits per heavy atom. The number of hydrogen-bond acceptors (Lipinski definition) is 3. The van der Waals surface area contributed by atoms with Crippen LogP contribution < -0.4 is 10.1 Å². The Balaban J connectivity index is 2.20. The second-order valence-electron chi connectivity index (χ2n) is 4.43. The predicted molar refractivity (Wildman–Crippen MR) is 74.0 cm³/mol. The molecule has 3 nitrogen and oxygen atoms in total. The quantitative estimate of drug-likeness (QED) is 0.910. The average Bonchev–Trinajstić information content (AvgIpc) is 2.42. The van der Waals surface area contributed by atoms with Crippen LogP contribution in [-0.2, 0) is 0 Å². The fourth-order valence-corrected chi connectivity index (χ4v) is 1.86. The van der Waals surface area contributed by atoms with Gasteiger partial charge in [-0.25, -0.2) is 9.37 Å². The summed E-state index contributed by atoms with van der Waals surface area (Å²) in [6.45, 7) is 3.72. The molecule has 0 aliphatic carbocycles. The molecule has 1 N–H and O–H groups in total. The van der Waals surface area contributed by atoms with Gasteiger partial charge in [0.25, 0.3) is 0 Å². The smallest absolute Gasteiger partial charge is 0.237 e. The molecule has 0 fully saturated rings. The minimum atomic E-state index is -0.190. The molecule has 0 aliphatic heterocycles. The molecule has 1 unspecified atom stereocenters. The lowest BCUT2D eigenvalue weighted by molar-refractivity contribution is 0.399. The highest BCUT2D eigenvalue weighted by molar-refractivity contribution is 5.53. The van der Waals surface area contributed by atoms with Gasteiger partial charge in [-0.05, 0) is 43.2 Å². The maximum atomic E-state index is 13.6. The summed E-state index contributed by atoms with van der Waals surface area (Å²) in [6.07, 6.45) is 1.67. The number of rotatable bonds is 4. The van der Waals surface area contributed by atoms with E-state index in [1.165, 1.54) is 0 Å². The standard InChI is InChI=1S/C15H17FN2O/c1-10-6-7-12(9-13(10)16)11(2)18-14-5-4-8-17-15(14)19-3/h4-9,11,18H,1-3H3. The maximum Gasteiger partial charge on any atom is 0.237 e. The van der Waals surface area contributed by atoms with Gasteiger partial charge < -0.3 is 10.1 Å². The second kappa shape index (κ2) is 5.69. The van der Waals surface area contributed by atoms with Crippen molar-refractivity contribution in [2.24, 2.45) is 0 Å². The summed E-state index contributed by atoms with van der Waals surface area (Å²) < 4.78 is 18.7. The third-order valence-corrected chi connectivity index (χ3v) is 3.03. The first-order valence-electron chi connectivity index (χ1n) is 6.13. The number of methoxy groups -OCH3 is 1. The minimum absolute atomic E-state index is 0.0341. The summed E-state index contributed by atoms with van der Waals surface area (Å²) in [4.78, 5) is 4.12. The summed E-state index contributed by atoms with van der Waals surface area (Å²) >= 11 is 0. The molecule has 0 radical (unpaired) electrons. The van der Waals surface area contributed by atoms with Crippen LogP contribution in [0.2, 0.25) is 0 Å². The van der Waals surface area contributed by atoms with Crippen LogP contribution in [-0.4, -0.2) is 12.1 Å². The molecule has 1 heterocycles. The van der Waals surface area contributed by atoms with Crippen molar-refractivity contribution in [3.63, 3.8) is 0 Å². The molecular formula is C15H17FN2O. The van der Waals surface area contributed by atoms with Crippen molar-refractivity contribution in [3.05, 3.63) is 53.5 Å². The van der Waals surface area contributed by atoms with E-state index in [9.17, 15) is 4.39 Å². The summed E-state index contributed by atoms with van der Waals surface area (Å²) in [5.41, 5.74) is 2.32. The largest absolute Gasteiger partial charge is 0.480 e. The summed E-state index contributed by atoms with van der Waals surface area (Å²) in [7, 11) is 1.57. The molecule has 0 saturated heterocycles. The van der Waals surface area contributed by atoms with Crippen LogP contribution in [0.3, 0.4) is 0 Å². The monoisotopic (exact) mass is 260 g/mol. The topological polar surface area (TPSA) is 34.1 Å². The SMILES string of the molecule is COc1ncccc1NC(C)c1ccc(C)c(F)c1. The maximum absolute atomic E-state index is 13.6. The van der Waals surface area contributed by atoms with Crippen LogP contribution in [0, 0.1) is 12.7 Å². The Bertz CT molecular complexity index is 572. The first-order valence-corrected chi connectivity index (χ1v) is 6.13. The van der Waals surface area contributed by atoms with Gasteiger partial charge in [0.15, 0.2) is 0 Å². The van der Waals surface area contributed by atoms with Crippen molar-refractivity contribution >= 4 is 5.69 Å². The number of benzene rings is 1. The van der Waals surface area contributed by atoms with Crippen molar-refractivity contribution in [1.29, 1.82) is 0 Å². The molecule has 0 aliphatic rings. The molecule has 0 amide bonds. The summed E-state index contributed by atoms with van der Waals surface area (Å²) in [5, 5.41) is 3.27. The number of halogens is 1. The zero-order valence-corrected chi connectivity index (χ0v) is 11.3. The molecule has 1 aromatic carbocycles. The zero-order valence-electron chi connectivity index (χ0n) is 11.3. The first-order chi connectivity index (χ1) is 9.11. The van der Waals surface area contributed by atoms with Gasteiger partial charge >= 0.3 is 0 Å². The number of nitrogens with zero attached hydrogens (tertiary/aromatic N) is 1. The van der Waals surface area contributed by atoms with E-state index in [2.05, 4.69) is 10.3 Å².